The minimum absolute atomic E-state index is 0.0609. The van der Waals surface area contributed by atoms with Crippen LogP contribution in [0.25, 0.3) is 0 Å². The molecular weight excluding hydrogens is 320 g/mol. The molecule has 0 aromatic heterocycles. The molecule has 0 spiro atoms. The maximum Gasteiger partial charge on any atom is 0.193 e. The van der Waals surface area contributed by atoms with Crippen LogP contribution in [0.4, 0.5) is 0 Å². The number of hydrogen-bond acceptors (Lipinski definition) is 5. The summed E-state index contributed by atoms with van der Waals surface area (Å²) in [4.78, 5) is 0. The van der Waals surface area contributed by atoms with Gasteiger partial charge in [0.15, 0.2) is 18.4 Å². The van der Waals surface area contributed by atoms with E-state index in [9.17, 15) is 10.2 Å². The summed E-state index contributed by atoms with van der Waals surface area (Å²) >= 11 is 0. The van der Waals surface area contributed by atoms with Gasteiger partial charge in [0.05, 0.1) is 6.61 Å². The zero-order valence-corrected chi connectivity index (χ0v) is 15.8. The van der Waals surface area contributed by atoms with Crippen molar-refractivity contribution in [3.05, 3.63) is 12.7 Å². The summed E-state index contributed by atoms with van der Waals surface area (Å²) in [6, 6.07) is 0. The Morgan fingerprint density at radius 3 is 2.68 bits per heavy atom. The highest BCUT2D eigenvalue weighted by atomic mass is 16.8. The molecule has 144 valence electrons. The Hall–Kier alpha value is -0.460. The zero-order valence-electron chi connectivity index (χ0n) is 15.8. The van der Waals surface area contributed by atoms with E-state index in [1.165, 1.54) is 0 Å². The smallest absolute Gasteiger partial charge is 0.193 e. The van der Waals surface area contributed by atoms with Crippen molar-refractivity contribution >= 4 is 0 Å². The van der Waals surface area contributed by atoms with Gasteiger partial charge in [-0.05, 0) is 50.9 Å². The first-order chi connectivity index (χ1) is 11.8. The van der Waals surface area contributed by atoms with Crippen LogP contribution in [0.5, 0.6) is 0 Å². The van der Waals surface area contributed by atoms with Crippen LogP contribution in [0.3, 0.4) is 0 Å². The van der Waals surface area contributed by atoms with Gasteiger partial charge in [-0.2, -0.15) is 0 Å². The van der Waals surface area contributed by atoms with Crippen LogP contribution < -0.4 is 0 Å². The van der Waals surface area contributed by atoms with Gasteiger partial charge in [-0.1, -0.05) is 19.9 Å². The van der Waals surface area contributed by atoms with E-state index in [0.717, 1.165) is 32.1 Å². The van der Waals surface area contributed by atoms with E-state index in [1.54, 1.807) is 6.92 Å². The third-order valence-corrected chi connectivity index (χ3v) is 6.62. The molecule has 0 aromatic carbocycles. The minimum atomic E-state index is -1.28. The van der Waals surface area contributed by atoms with Gasteiger partial charge < -0.3 is 24.4 Å². The van der Waals surface area contributed by atoms with E-state index < -0.39 is 24.0 Å². The predicted molar refractivity (Wildman–Crippen MR) is 94.5 cm³/mol. The van der Waals surface area contributed by atoms with E-state index >= 15 is 0 Å². The van der Waals surface area contributed by atoms with Crippen molar-refractivity contribution in [3.63, 3.8) is 0 Å². The van der Waals surface area contributed by atoms with Crippen LogP contribution >= 0.6 is 0 Å². The second-order valence-corrected chi connectivity index (χ2v) is 8.48. The third-order valence-electron chi connectivity index (χ3n) is 6.62. The number of allylic oxidation sites excluding steroid dienone is 1. The molecule has 0 bridgehead atoms. The van der Waals surface area contributed by atoms with E-state index in [4.69, 9.17) is 14.2 Å². The van der Waals surface area contributed by atoms with Crippen LogP contribution in [0.15, 0.2) is 12.7 Å². The SMILES string of the molecule is C=CCCCOC1O[C@@H]2OC(C)(O)CCC3[C@H](C)CCC([C@H]1C)[C@]32O. The van der Waals surface area contributed by atoms with Crippen LogP contribution in [-0.2, 0) is 14.2 Å². The van der Waals surface area contributed by atoms with E-state index in [2.05, 4.69) is 20.4 Å². The van der Waals surface area contributed by atoms with E-state index in [-0.39, 0.29) is 17.8 Å². The second-order valence-electron chi connectivity index (χ2n) is 8.48. The van der Waals surface area contributed by atoms with E-state index in [0.29, 0.717) is 18.9 Å². The number of hydrogen-bond donors (Lipinski definition) is 2. The molecule has 3 fully saturated rings. The van der Waals surface area contributed by atoms with Crippen molar-refractivity contribution in [2.75, 3.05) is 6.61 Å². The fourth-order valence-electron chi connectivity index (χ4n) is 5.15. The van der Waals surface area contributed by atoms with Gasteiger partial charge >= 0.3 is 0 Å². The van der Waals surface area contributed by atoms with Crippen LogP contribution in [-0.4, -0.2) is 40.8 Å². The Labute approximate surface area is 151 Å². The largest absolute Gasteiger partial charge is 0.384 e. The molecule has 3 rings (SSSR count). The first kappa shape index (κ1) is 19.3. The van der Waals surface area contributed by atoms with Crippen LogP contribution in [0, 0.1) is 23.7 Å². The van der Waals surface area contributed by atoms with Crippen molar-refractivity contribution in [1.82, 2.24) is 0 Å². The van der Waals surface area contributed by atoms with Gasteiger partial charge in [-0.3, -0.25) is 0 Å². The van der Waals surface area contributed by atoms with Crippen molar-refractivity contribution in [3.8, 4) is 0 Å². The first-order valence-electron chi connectivity index (χ1n) is 9.80. The zero-order chi connectivity index (χ0) is 18.2. The maximum absolute atomic E-state index is 11.7. The molecule has 1 aliphatic carbocycles. The standard InChI is InChI=1S/C20H34O5/c1-5-6-7-12-23-17-14(3)16-9-8-13(2)15-10-11-19(4,21)25-18(24-17)20(15,16)22/h5,13-18,21-22H,1,6-12H2,2-4H3/t13-,14-,15?,16?,17?,18-,19?,20-/m1/s1. The Kier molecular flexibility index (Phi) is 5.62. The molecule has 2 saturated heterocycles. The highest BCUT2D eigenvalue weighted by molar-refractivity contribution is 5.06. The molecule has 2 aliphatic heterocycles. The lowest BCUT2D eigenvalue weighted by Crippen LogP contribution is -2.67. The van der Waals surface area contributed by atoms with Crippen molar-refractivity contribution in [1.29, 1.82) is 0 Å². The molecule has 4 unspecified atom stereocenters. The van der Waals surface area contributed by atoms with Crippen LogP contribution in [0.2, 0.25) is 0 Å². The lowest BCUT2D eigenvalue weighted by Gasteiger charge is -2.57. The van der Waals surface area contributed by atoms with E-state index in [1.807, 2.05) is 6.08 Å². The highest BCUT2D eigenvalue weighted by Crippen LogP contribution is 2.55. The Morgan fingerprint density at radius 1 is 1.20 bits per heavy atom. The third kappa shape index (κ3) is 3.54. The van der Waals surface area contributed by atoms with Gasteiger partial charge in [-0.15, -0.1) is 6.58 Å². The average molecular weight is 354 g/mol. The fraction of sp³-hybridized carbons (Fsp3) is 0.900. The topological polar surface area (TPSA) is 68.2 Å². The summed E-state index contributed by atoms with van der Waals surface area (Å²) in [6.45, 7) is 10.3. The number of unbranched alkanes of at least 4 members (excludes halogenated alkanes) is 1. The predicted octanol–water partition coefficient (Wildman–Crippen LogP) is 3.20. The van der Waals surface area contributed by atoms with Crippen molar-refractivity contribution in [2.24, 2.45) is 23.7 Å². The van der Waals surface area contributed by atoms with Gasteiger partial charge in [0.25, 0.3) is 0 Å². The molecule has 0 aromatic rings. The first-order valence-corrected chi connectivity index (χ1v) is 9.80. The van der Waals surface area contributed by atoms with Gasteiger partial charge in [-0.25, -0.2) is 0 Å². The van der Waals surface area contributed by atoms with Gasteiger partial charge in [0, 0.05) is 18.3 Å². The summed E-state index contributed by atoms with van der Waals surface area (Å²) in [6.07, 6.45) is 5.70. The van der Waals surface area contributed by atoms with Gasteiger partial charge in [0.1, 0.15) is 5.60 Å². The van der Waals surface area contributed by atoms with Crippen LogP contribution in [0.1, 0.15) is 59.3 Å². The molecule has 1 saturated carbocycles. The monoisotopic (exact) mass is 354 g/mol. The Morgan fingerprint density at radius 2 is 1.96 bits per heavy atom. The second kappa shape index (κ2) is 7.28. The fourth-order valence-corrected chi connectivity index (χ4v) is 5.15. The normalized spacial score (nSPS) is 50.0. The molecule has 5 heteroatoms. The molecule has 25 heavy (non-hydrogen) atoms. The average Bonchev–Trinajstić information content (AvgIpc) is 2.64. The summed E-state index contributed by atoms with van der Waals surface area (Å²) < 4.78 is 18.0. The molecule has 2 heterocycles. The molecule has 5 nitrogen and oxygen atoms in total. The number of ether oxygens (including phenoxy) is 3. The van der Waals surface area contributed by atoms with Gasteiger partial charge in [0.2, 0.25) is 0 Å². The number of aliphatic hydroxyl groups is 2. The molecule has 2 N–H and O–H groups in total. The molecule has 0 amide bonds. The Bertz CT molecular complexity index is 479. The summed E-state index contributed by atoms with van der Waals surface area (Å²) in [5, 5.41) is 22.3. The summed E-state index contributed by atoms with van der Waals surface area (Å²) in [7, 11) is 0. The minimum Gasteiger partial charge on any atom is -0.384 e. The lowest BCUT2D eigenvalue weighted by molar-refractivity contribution is -0.408. The van der Waals surface area contributed by atoms with Crippen molar-refractivity contribution < 1.29 is 24.4 Å². The maximum atomic E-state index is 11.7. The quantitative estimate of drug-likeness (QED) is 0.586. The summed E-state index contributed by atoms with van der Waals surface area (Å²) in [5.74, 6) is -0.662. The van der Waals surface area contributed by atoms with Crippen molar-refractivity contribution in [2.45, 2.75) is 83.3 Å². The molecule has 8 atom stereocenters. The number of rotatable bonds is 5. The highest BCUT2D eigenvalue weighted by Gasteiger charge is 2.63. The Balaban J connectivity index is 1.83. The molecule has 3 aliphatic rings. The molecule has 0 radical (unpaired) electrons. The molecular formula is C20H34O5. The lowest BCUT2D eigenvalue weighted by atomic mass is 9.58. The summed E-state index contributed by atoms with van der Waals surface area (Å²) in [5.41, 5.74) is -1.06.